The van der Waals surface area contributed by atoms with Gasteiger partial charge < -0.3 is 14.9 Å². The van der Waals surface area contributed by atoms with Crippen molar-refractivity contribution in [2.45, 2.75) is 26.5 Å². The molecule has 3 heteroatoms. The van der Waals surface area contributed by atoms with E-state index in [2.05, 4.69) is 6.58 Å². The van der Waals surface area contributed by atoms with Crippen LogP contribution in [0, 0.1) is 6.92 Å². The molecule has 14 heavy (non-hydrogen) atoms. The maximum Gasteiger partial charge on any atom is 0.118 e. The van der Waals surface area contributed by atoms with E-state index in [-0.39, 0.29) is 0 Å². The molecule has 1 rings (SSSR count). The van der Waals surface area contributed by atoms with Gasteiger partial charge in [0.1, 0.15) is 11.5 Å². The zero-order chi connectivity index (χ0) is 10.4. The van der Waals surface area contributed by atoms with Crippen molar-refractivity contribution in [3.63, 3.8) is 0 Å². The second kappa shape index (κ2) is 5.62. The van der Waals surface area contributed by atoms with Crippen molar-refractivity contribution < 1.29 is 9.15 Å². The summed E-state index contributed by atoms with van der Waals surface area (Å²) in [6.45, 7) is 7.27. The zero-order valence-corrected chi connectivity index (χ0v) is 8.58. The molecular weight excluding hydrogens is 178 g/mol. The van der Waals surface area contributed by atoms with Crippen molar-refractivity contribution >= 4 is 0 Å². The van der Waals surface area contributed by atoms with Crippen molar-refractivity contribution in [2.75, 3.05) is 6.61 Å². The maximum absolute atomic E-state index is 5.46. The molecule has 0 amide bonds. The first-order valence-electron chi connectivity index (χ1n) is 4.74. The predicted octanol–water partition coefficient (Wildman–Crippen LogP) is 2.14. The highest BCUT2D eigenvalue weighted by Crippen LogP contribution is 2.15. The summed E-state index contributed by atoms with van der Waals surface area (Å²) in [5, 5.41) is 0. The van der Waals surface area contributed by atoms with Gasteiger partial charge in [-0.05, 0) is 19.4 Å². The lowest BCUT2D eigenvalue weighted by Gasteiger charge is -1.99. The van der Waals surface area contributed by atoms with Crippen molar-refractivity contribution in [1.29, 1.82) is 0 Å². The minimum absolute atomic E-state index is 0.438. The summed E-state index contributed by atoms with van der Waals surface area (Å²) in [6.07, 6.45) is 2.72. The summed E-state index contributed by atoms with van der Waals surface area (Å²) >= 11 is 0. The van der Waals surface area contributed by atoms with E-state index < -0.39 is 0 Å². The van der Waals surface area contributed by atoms with E-state index in [1.54, 1.807) is 0 Å². The van der Waals surface area contributed by atoms with Crippen molar-refractivity contribution in [3.05, 3.63) is 35.8 Å². The average Bonchev–Trinajstić information content (AvgIpc) is 2.54. The summed E-state index contributed by atoms with van der Waals surface area (Å²) in [4.78, 5) is 0. The van der Waals surface area contributed by atoms with Gasteiger partial charge >= 0.3 is 0 Å². The highest BCUT2D eigenvalue weighted by atomic mass is 16.5. The molecule has 2 N–H and O–H groups in total. The standard InChI is InChI=1S/C11H17NO2/c1-3-4-5-13-8-10-6-11(7-12)14-9(10)2/h3,6H,1,4-5,7-8,12H2,2H3. The van der Waals surface area contributed by atoms with Gasteiger partial charge in [-0.3, -0.25) is 0 Å². The second-order valence-corrected chi connectivity index (χ2v) is 3.13. The summed E-state index contributed by atoms with van der Waals surface area (Å²) < 4.78 is 10.8. The number of aryl methyl sites for hydroxylation is 1. The molecule has 0 atom stereocenters. The number of hydrogen-bond acceptors (Lipinski definition) is 3. The SMILES string of the molecule is C=CCCOCc1cc(CN)oc1C. The van der Waals surface area contributed by atoms with E-state index in [0.29, 0.717) is 19.8 Å². The summed E-state index contributed by atoms with van der Waals surface area (Å²) in [5.74, 6) is 1.70. The Kier molecular flexibility index (Phi) is 4.43. The van der Waals surface area contributed by atoms with Gasteiger partial charge in [-0.1, -0.05) is 6.08 Å². The predicted molar refractivity (Wildman–Crippen MR) is 55.8 cm³/mol. The maximum atomic E-state index is 5.46. The first-order valence-corrected chi connectivity index (χ1v) is 4.74. The van der Waals surface area contributed by atoms with Gasteiger partial charge in [0.25, 0.3) is 0 Å². The van der Waals surface area contributed by atoms with Crippen molar-refractivity contribution in [1.82, 2.24) is 0 Å². The lowest BCUT2D eigenvalue weighted by Crippen LogP contribution is -1.95. The molecule has 78 valence electrons. The molecule has 0 bridgehead atoms. The topological polar surface area (TPSA) is 48.4 Å². The third kappa shape index (κ3) is 3.01. The molecule has 0 aliphatic heterocycles. The lowest BCUT2D eigenvalue weighted by molar-refractivity contribution is 0.124. The molecule has 0 aliphatic carbocycles. The molecule has 1 aromatic rings. The van der Waals surface area contributed by atoms with Crippen LogP contribution in [-0.2, 0) is 17.9 Å². The minimum atomic E-state index is 0.438. The van der Waals surface area contributed by atoms with E-state index in [1.165, 1.54) is 0 Å². The second-order valence-electron chi connectivity index (χ2n) is 3.13. The van der Waals surface area contributed by atoms with Gasteiger partial charge in [-0.25, -0.2) is 0 Å². The fourth-order valence-electron chi connectivity index (χ4n) is 1.18. The Bertz CT molecular complexity index is 291. The number of hydrogen-bond donors (Lipinski definition) is 1. The first kappa shape index (κ1) is 11.0. The molecule has 0 radical (unpaired) electrons. The van der Waals surface area contributed by atoms with Crippen LogP contribution in [-0.4, -0.2) is 6.61 Å². The van der Waals surface area contributed by atoms with E-state index >= 15 is 0 Å². The van der Waals surface area contributed by atoms with Gasteiger partial charge in [0.05, 0.1) is 19.8 Å². The Morgan fingerprint density at radius 1 is 1.64 bits per heavy atom. The van der Waals surface area contributed by atoms with Crippen LogP contribution in [0.5, 0.6) is 0 Å². The first-order chi connectivity index (χ1) is 6.77. The Morgan fingerprint density at radius 3 is 3.00 bits per heavy atom. The zero-order valence-electron chi connectivity index (χ0n) is 8.58. The highest BCUT2D eigenvalue weighted by molar-refractivity contribution is 5.19. The van der Waals surface area contributed by atoms with Crippen LogP contribution in [0.15, 0.2) is 23.1 Å². The number of furan rings is 1. The monoisotopic (exact) mass is 195 g/mol. The molecule has 1 heterocycles. The molecule has 3 nitrogen and oxygen atoms in total. The third-order valence-corrected chi connectivity index (χ3v) is 2.00. The van der Waals surface area contributed by atoms with E-state index in [1.807, 2.05) is 19.1 Å². The van der Waals surface area contributed by atoms with Crippen LogP contribution in [0.2, 0.25) is 0 Å². The molecule has 0 aromatic carbocycles. The number of ether oxygens (including phenoxy) is 1. The van der Waals surface area contributed by atoms with E-state index in [0.717, 1.165) is 23.5 Å². The number of nitrogens with two attached hydrogens (primary N) is 1. The van der Waals surface area contributed by atoms with Crippen molar-refractivity contribution in [3.8, 4) is 0 Å². The van der Waals surface area contributed by atoms with Gasteiger partial charge in [0, 0.05) is 5.56 Å². The Morgan fingerprint density at radius 2 is 2.43 bits per heavy atom. The van der Waals surface area contributed by atoms with Gasteiger partial charge in [0.15, 0.2) is 0 Å². The van der Waals surface area contributed by atoms with Crippen LogP contribution in [0.1, 0.15) is 23.5 Å². The molecule has 1 aromatic heterocycles. The number of rotatable bonds is 6. The van der Waals surface area contributed by atoms with E-state index in [4.69, 9.17) is 14.9 Å². The van der Waals surface area contributed by atoms with Crippen LogP contribution in [0.4, 0.5) is 0 Å². The Labute approximate surface area is 84.5 Å². The van der Waals surface area contributed by atoms with Crippen LogP contribution < -0.4 is 5.73 Å². The smallest absolute Gasteiger partial charge is 0.118 e. The molecule has 0 spiro atoms. The normalized spacial score (nSPS) is 10.4. The van der Waals surface area contributed by atoms with Crippen LogP contribution in [0.3, 0.4) is 0 Å². The molecule has 0 saturated carbocycles. The largest absolute Gasteiger partial charge is 0.465 e. The van der Waals surface area contributed by atoms with Gasteiger partial charge in [-0.15, -0.1) is 6.58 Å². The van der Waals surface area contributed by atoms with Crippen LogP contribution >= 0.6 is 0 Å². The Balaban J connectivity index is 2.41. The summed E-state index contributed by atoms with van der Waals surface area (Å²) in [7, 11) is 0. The summed E-state index contributed by atoms with van der Waals surface area (Å²) in [5.41, 5.74) is 6.54. The highest BCUT2D eigenvalue weighted by Gasteiger charge is 2.05. The molecule has 0 saturated heterocycles. The molecule has 0 aliphatic rings. The van der Waals surface area contributed by atoms with E-state index in [9.17, 15) is 0 Å². The third-order valence-electron chi connectivity index (χ3n) is 2.00. The Hall–Kier alpha value is -1.06. The minimum Gasteiger partial charge on any atom is -0.465 e. The van der Waals surface area contributed by atoms with Crippen LogP contribution in [0.25, 0.3) is 0 Å². The molecule has 0 fully saturated rings. The fourth-order valence-corrected chi connectivity index (χ4v) is 1.18. The van der Waals surface area contributed by atoms with Gasteiger partial charge in [0.2, 0.25) is 0 Å². The summed E-state index contributed by atoms with van der Waals surface area (Å²) in [6, 6.07) is 1.95. The fraction of sp³-hybridized carbons (Fsp3) is 0.455. The quantitative estimate of drug-likeness (QED) is 0.559. The average molecular weight is 195 g/mol. The molecule has 0 unspecified atom stereocenters. The molecular formula is C11H17NO2. The lowest BCUT2D eigenvalue weighted by atomic mass is 10.2. The van der Waals surface area contributed by atoms with Crippen molar-refractivity contribution in [2.24, 2.45) is 5.73 Å². The van der Waals surface area contributed by atoms with Gasteiger partial charge in [-0.2, -0.15) is 0 Å².